The zero-order chi connectivity index (χ0) is 14.9. The lowest BCUT2D eigenvalue weighted by atomic mass is 10.0. The molecule has 0 radical (unpaired) electrons. The molecule has 7 heteroatoms. The highest BCUT2D eigenvalue weighted by molar-refractivity contribution is 9.10. The first-order valence-electron chi connectivity index (χ1n) is 6.51. The molecule has 0 unspecified atom stereocenters. The van der Waals surface area contributed by atoms with Crippen LogP contribution >= 0.6 is 27.5 Å². The molecule has 1 fully saturated rings. The predicted molar refractivity (Wildman–Crippen MR) is 80.8 cm³/mol. The van der Waals surface area contributed by atoms with Gasteiger partial charge in [-0.25, -0.2) is 4.79 Å². The van der Waals surface area contributed by atoms with E-state index in [0.717, 1.165) is 9.35 Å². The summed E-state index contributed by atoms with van der Waals surface area (Å²) < 4.78 is 10.4. The Morgan fingerprint density at radius 1 is 1.60 bits per heavy atom. The molecule has 1 amide bonds. The molecule has 20 heavy (non-hydrogen) atoms. The molecule has 2 atom stereocenters. The Morgan fingerprint density at radius 3 is 2.85 bits per heavy atom. The van der Waals surface area contributed by atoms with Crippen molar-refractivity contribution in [3.05, 3.63) is 15.5 Å². The van der Waals surface area contributed by atoms with E-state index in [9.17, 15) is 9.90 Å². The summed E-state index contributed by atoms with van der Waals surface area (Å²) >= 11 is 4.85. The molecule has 1 aliphatic heterocycles. The molecular formula is C13H19BrN2O3S. The molecule has 2 heterocycles. The Bertz CT molecular complexity index is 486. The predicted octanol–water partition coefficient (Wildman–Crippen LogP) is 2.68. The minimum atomic E-state index is -0.517. The molecule has 0 aliphatic carbocycles. The van der Waals surface area contributed by atoms with E-state index in [4.69, 9.17) is 4.74 Å². The third kappa shape index (κ3) is 3.93. The van der Waals surface area contributed by atoms with Crippen LogP contribution in [0.1, 0.15) is 25.6 Å². The van der Waals surface area contributed by atoms with Crippen molar-refractivity contribution in [1.82, 2.24) is 9.27 Å². The van der Waals surface area contributed by atoms with Gasteiger partial charge in [0.1, 0.15) is 5.60 Å². The second-order valence-electron chi connectivity index (χ2n) is 6.01. The first-order chi connectivity index (χ1) is 9.26. The average molecular weight is 363 g/mol. The van der Waals surface area contributed by atoms with Crippen LogP contribution in [0.15, 0.2) is 10.7 Å². The molecule has 0 bridgehead atoms. The van der Waals surface area contributed by atoms with Crippen molar-refractivity contribution in [3.8, 4) is 0 Å². The largest absolute Gasteiger partial charge is 0.444 e. The molecule has 1 N–H and O–H groups in total. The molecule has 0 saturated carbocycles. The van der Waals surface area contributed by atoms with Gasteiger partial charge in [0.2, 0.25) is 0 Å². The fourth-order valence-corrected chi connectivity index (χ4v) is 3.49. The third-order valence-corrected chi connectivity index (χ3v) is 4.86. The molecule has 5 nitrogen and oxygen atoms in total. The van der Waals surface area contributed by atoms with Gasteiger partial charge in [-0.05, 0) is 54.7 Å². The summed E-state index contributed by atoms with van der Waals surface area (Å²) in [5, 5.41) is 10.1. The van der Waals surface area contributed by atoms with Gasteiger partial charge in [0.25, 0.3) is 0 Å². The van der Waals surface area contributed by atoms with Gasteiger partial charge in [0.15, 0.2) is 0 Å². The lowest BCUT2D eigenvalue weighted by Crippen LogP contribution is -2.35. The number of hydrogen-bond donors (Lipinski definition) is 1. The Morgan fingerprint density at radius 2 is 2.30 bits per heavy atom. The van der Waals surface area contributed by atoms with Crippen LogP contribution in [0.4, 0.5) is 4.79 Å². The van der Waals surface area contributed by atoms with Gasteiger partial charge >= 0.3 is 6.09 Å². The number of β-amino-alcohol motifs (C(OH)–C–C–N with tert-alkyl or cyclic N) is 1. The molecule has 1 saturated heterocycles. The van der Waals surface area contributed by atoms with Gasteiger partial charge in [-0.1, -0.05) is 0 Å². The highest BCUT2D eigenvalue weighted by Crippen LogP contribution is 2.28. The van der Waals surface area contributed by atoms with E-state index in [-0.39, 0.29) is 12.0 Å². The van der Waals surface area contributed by atoms with Crippen LogP contribution < -0.4 is 0 Å². The second-order valence-corrected chi connectivity index (χ2v) is 7.75. The van der Waals surface area contributed by atoms with Crippen LogP contribution in [0.5, 0.6) is 0 Å². The molecule has 112 valence electrons. The van der Waals surface area contributed by atoms with Gasteiger partial charge in [0, 0.05) is 17.3 Å². The zero-order valence-corrected chi connectivity index (χ0v) is 14.2. The number of nitrogens with zero attached hydrogens (tertiary/aromatic N) is 2. The molecule has 1 aliphatic rings. The van der Waals surface area contributed by atoms with Crippen molar-refractivity contribution in [1.29, 1.82) is 0 Å². The number of carbonyl (C=O) groups excluding carboxylic acids is 1. The second kappa shape index (κ2) is 5.99. The summed E-state index contributed by atoms with van der Waals surface area (Å²) in [7, 11) is 0. The molecule has 1 aromatic heterocycles. The number of likely N-dealkylation sites (tertiary alicyclic amines) is 1. The van der Waals surface area contributed by atoms with Crippen LogP contribution in [0.25, 0.3) is 0 Å². The molecule has 0 spiro atoms. The van der Waals surface area contributed by atoms with Gasteiger partial charge in [-0.2, -0.15) is 4.37 Å². The number of halogens is 1. The van der Waals surface area contributed by atoms with Crippen LogP contribution in [-0.2, 0) is 11.2 Å². The SMILES string of the molecule is CC(C)(C)OC(=O)N1C[C@@H](Cc2sncc2Br)[C@H](O)C1. The van der Waals surface area contributed by atoms with Crippen molar-refractivity contribution in [2.24, 2.45) is 5.92 Å². The maximum absolute atomic E-state index is 12.0. The number of hydrogen-bond acceptors (Lipinski definition) is 5. The lowest BCUT2D eigenvalue weighted by Gasteiger charge is -2.24. The minimum absolute atomic E-state index is 0.0271. The van der Waals surface area contributed by atoms with E-state index in [1.807, 2.05) is 20.8 Å². The van der Waals surface area contributed by atoms with E-state index in [1.165, 1.54) is 11.5 Å². The summed E-state index contributed by atoms with van der Waals surface area (Å²) in [4.78, 5) is 14.7. The third-order valence-electron chi connectivity index (χ3n) is 3.10. The first kappa shape index (κ1) is 15.7. The van der Waals surface area contributed by atoms with Gasteiger partial charge in [0.05, 0.1) is 23.3 Å². The fraction of sp³-hybridized carbons (Fsp3) is 0.692. The number of amides is 1. The number of aliphatic hydroxyl groups excluding tert-OH is 1. The Labute approximate surface area is 131 Å². The molecule has 0 aromatic carbocycles. The number of aromatic nitrogens is 1. The summed E-state index contributed by atoms with van der Waals surface area (Å²) in [6.45, 7) is 6.35. The van der Waals surface area contributed by atoms with Crippen molar-refractivity contribution >= 4 is 33.6 Å². The monoisotopic (exact) mass is 362 g/mol. The molecule has 1 aromatic rings. The average Bonchev–Trinajstić information content (AvgIpc) is 2.86. The fourth-order valence-electron chi connectivity index (χ4n) is 2.16. The van der Waals surface area contributed by atoms with E-state index < -0.39 is 11.7 Å². The maximum Gasteiger partial charge on any atom is 0.410 e. The maximum atomic E-state index is 12.0. The highest BCUT2D eigenvalue weighted by Gasteiger charge is 2.36. The van der Waals surface area contributed by atoms with Crippen LogP contribution in [-0.4, -0.2) is 45.3 Å². The van der Waals surface area contributed by atoms with Gasteiger partial charge in [-0.3, -0.25) is 0 Å². The molecule has 2 rings (SSSR count). The minimum Gasteiger partial charge on any atom is -0.444 e. The smallest absolute Gasteiger partial charge is 0.410 e. The summed E-state index contributed by atoms with van der Waals surface area (Å²) in [6.07, 6.45) is 1.59. The zero-order valence-electron chi connectivity index (χ0n) is 11.8. The van der Waals surface area contributed by atoms with E-state index >= 15 is 0 Å². The molecular weight excluding hydrogens is 344 g/mol. The normalized spacial score (nSPS) is 23.1. The number of carbonyl (C=O) groups is 1. The van der Waals surface area contributed by atoms with Gasteiger partial charge < -0.3 is 14.7 Å². The van der Waals surface area contributed by atoms with Crippen LogP contribution in [0, 0.1) is 5.92 Å². The van der Waals surface area contributed by atoms with Gasteiger partial charge in [-0.15, -0.1) is 0 Å². The standard InChI is InChI=1S/C13H19BrN2O3S/c1-13(2,3)19-12(18)16-6-8(10(17)7-16)4-11-9(14)5-15-20-11/h5,8,10,17H,4,6-7H2,1-3H3/t8-,10-/m1/s1. The topological polar surface area (TPSA) is 62.7 Å². The first-order valence-corrected chi connectivity index (χ1v) is 8.08. The lowest BCUT2D eigenvalue weighted by molar-refractivity contribution is 0.0270. The Balaban J connectivity index is 1.95. The van der Waals surface area contributed by atoms with E-state index in [0.29, 0.717) is 19.5 Å². The number of ether oxygens (including phenoxy) is 1. The Hall–Kier alpha value is -0.660. The quantitative estimate of drug-likeness (QED) is 0.878. The highest BCUT2D eigenvalue weighted by atomic mass is 79.9. The summed E-state index contributed by atoms with van der Waals surface area (Å²) in [5.74, 6) is 0.0271. The van der Waals surface area contributed by atoms with E-state index in [1.54, 1.807) is 11.1 Å². The van der Waals surface area contributed by atoms with Crippen LogP contribution in [0.3, 0.4) is 0 Å². The van der Waals surface area contributed by atoms with Crippen molar-refractivity contribution in [2.75, 3.05) is 13.1 Å². The number of rotatable bonds is 2. The summed E-state index contributed by atoms with van der Waals surface area (Å²) in [5.41, 5.74) is -0.513. The van der Waals surface area contributed by atoms with Crippen LogP contribution in [0.2, 0.25) is 0 Å². The summed E-state index contributed by atoms with van der Waals surface area (Å²) in [6, 6.07) is 0. The Kier molecular flexibility index (Phi) is 4.71. The van der Waals surface area contributed by atoms with E-state index in [2.05, 4.69) is 20.3 Å². The van der Waals surface area contributed by atoms with Crippen molar-refractivity contribution in [2.45, 2.75) is 38.9 Å². The number of aliphatic hydroxyl groups is 1. The van der Waals surface area contributed by atoms with Crippen molar-refractivity contribution in [3.63, 3.8) is 0 Å². The van der Waals surface area contributed by atoms with Crippen molar-refractivity contribution < 1.29 is 14.6 Å².